The van der Waals surface area contributed by atoms with Crippen molar-refractivity contribution in [1.82, 2.24) is 0 Å². The van der Waals surface area contributed by atoms with Crippen LogP contribution in [0, 0.1) is 6.92 Å². The van der Waals surface area contributed by atoms with Gasteiger partial charge in [-0.05, 0) is 59.4 Å². The van der Waals surface area contributed by atoms with Crippen LogP contribution in [0.25, 0.3) is 0 Å². The van der Waals surface area contributed by atoms with Gasteiger partial charge >= 0.3 is 0 Å². The Morgan fingerprint density at radius 2 is 1.79 bits per heavy atom. The van der Waals surface area contributed by atoms with Crippen LogP contribution in [0.1, 0.15) is 46.8 Å². The third-order valence-corrected chi connectivity index (χ3v) is 6.79. The Bertz CT molecular complexity index is 1080. The van der Waals surface area contributed by atoms with E-state index in [4.69, 9.17) is 14.2 Å². The Morgan fingerprint density at radius 1 is 0.971 bits per heavy atom. The lowest BCUT2D eigenvalue weighted by Gasteiger charge is -2.32. The van der Waals surface area contributed by atoms with Gasteiger partial charge in [0.05, 0.1) is 24.9 Å². The standard InChI is InChI=1S/C29H32O5/c1-19-6-9-22(29-16-24(31)15-26(17-30)33-29)13-23(19)12-20-7-10-25(11-8-20)32-18-27-14-21-4-2-3-5-28(21)34-27/h2-11,13,24,26-27,29-31H,12,14-18H2,1H3/t24-,26-,27?,29+/m0/s1. The number of aliphatic hydroxyl groups excluding tert-OH is 2. The molecular weight excluding hydrogens is 428 g/mol. The van der Waals surface area contributed by atoms with E-state index in [0.717, 1.165) is 29.9 Å². The molecule has 0 radical (unpaired) electrons. The van der Waals surface area contributed by atoms with E-state index >= 15 is 0 Å². The molecule has 2 N–H and O–H groups in total. The largest absolute Gasteiger partial charge is 0.490 e. The van der Waals surface area contributed by atoms with Crippen LogP contribution in [0.3, 0.4) is 0 Å². The van der Waals surface area contributed by atoms with Crippen LogP contribution in [0.2, 0.25) is 0 Å². The van der Waals surface area contributed by atoms with Gasteiger partial charge in [-0.3, -0.25) is 0 Å². The number of aryl methyl sites for hydroxylation is 1. The minimum Gasteiger partial charge on any atom is -0.490 e. The monoisotopic (exact) mass is 460 g/mol. The van der Waals surface area contributed by atoms with E-state index in [1.165, 1.54) is 22.3 Å². The summed E-state index contributed by atoms with van der Waals surface area (Å²) in [6.45, 7) is 2.57. The molecule has 1 fully saturated rings. The molecule has 3 aromatic rings. The number of para-hydroxylation sites is 1. The topological polar surface area (TPSA) is 68.2 Å². The molecule has 1 saturated heterocycles. The molecule has 0 amide bonds. The molecule has 2 aliphatic rings. The van der Waals surface area contributed by atoms with Crippen LogP contribution in [0.5, 0.6) is 11.5 Å². The van der Waals surface area contributed by atoms with Crippen LogP contribution in [-0.2, 0) is 17.6 Å². The van der Waals surface area contributed by atoms with E-state index in [-0.39, 0.29) is 24.9 Å². The zero-order valence-corrected chi connectivity index (χ0v) is 19.5. The van der Waals surface area contributed by atoms with Crippen molar-refractivity contribution in [2.75, 3.05) is 13.2 Å². The summed E-state index contributed by atoms with van der Waals surface area (Å²) in [5.41, 5.74) is 5.94. The highest BCUT2D eigenvalue weighted by molar-refractivity contribution is 5.39. The minimum atomic E-state index is -0.447. The molecule has 34 heavy (non-hydrogen) atoms. The highest BCUT2D eigenvalue weighted by Crippen LogP contribution is 2.33. The van der Waals surface area contributed by atoms with E-state index in [2.05, 4.69) is 43.3 Å². The number of benzene rings is 3. The van der Waals surface area contributed by atoms with Crippen molar-refractivity contribution in [1.29, 1.82) is 0 Å². The zero-order chi connectivity index (χ0) is 23.5. The van der Waals surface area contributed by atoms with Gasteiger partial charge in [0.25, 0.3) is 0 Å². The van der Waals surface area contributed by atoms with Gasteiger partial charge in [0.2, 0.25) is 0 Å². The van der Waals surface area contributed by atoms with Crippen molar-refractivity contribution in [2.24, 2.45) is 0 Å². The molecule has 178 valence electrons. The highest BCUT2D eigenvalue weighted by Gasteiger charge is 2.29. The molecule has 0 bridgehead atoms. The summed E-state index contributed by atoms with van der Waals surface area (Å²) in [6.07, 6.45) is 1.82. The second-order valence-electron chi connectivity index (χ2n) is 9.42. The Kier molecular flexibility index (Phi) is 6.86. The smallest absolute Gasteiger partial charge is 0.137 e. The number of hydrogen-bond donors (Lipinski definition) is 2. The number of hydrogen-bond acceptors (Lipinski definition) is 5. The molecule has 0 spiro atoms. The molecule has 5 rings (SSSR count). The van der Waals surface area contributed by atoms with Crippen molar-refractivity contribution >= 4 is 0 Å². The molecule has 5 heteroatoms. The van der Waals surface area contributed by atoms with E-state index in [0.29, 0.717) is 19.4 Å². The molecule has 0 saturated carbocycles. The average molecular weight is 461 g/mol. The second-order valence-corrected chi connectivity index (χ2v) is 9.42. The van der Waals surface area contributed by atoms with Gasteiger partial charge in [0, 0.05) is 19.3 Å². The number of ether oxygens (including phenoxy) is 3. The van der Waals surface area contributed by atoms with Crippen LogP contribution in [0.15, 0.2) is 66.7 Å². The van der Waals surface area contributed by atoms with Crippen LogP contribution in [0.4, 0.5) is 0 Å². The predicted molar refractivity (Wildman–Crippen MR) is 130 cm³/mol. The fourth-order valence-electron chi connectivity index (χ4n) is 4.86. The fraction of sp³-hybridized carbons (Fsp3) is 0.379. The first-order valence-corrected chi connectivity index (χ1v) is 12.1. The fourth-order valence-corrected chi connectivity index (χ4v) is 4.86. The summed E-state index contributed by atoms with van der Waals surface area (Å²) in [5, 5.41) is 19.7. The molecule has 4 atom stereocenters. The number of fused-ring (bicyclic) bond motifs is 1. The van der Waals surface area contributed by atoms with Crippen LogP contribution >= 0.6 is 0 Å². The van der Waals surface area contributed by atoms with Crippen molar-refractivity contribution < 1.29 is 24.4 Å². The first-order chi connectivity index (χ1) is 16.6. The van der Waals surface area contributed by atoms with Crippen molar-refractivity contribution in [3.8, 4) is 11.5 Å². The van der Waals surface area contributed by atoms with Crippen LogP contribution in [-0.4, -0.2) is 41.7 Å². The summed E-state index contributed by atoms with van der Waals surface area (Å²) in [4.78, 5) is 0. The predicted octanol–water partition coefficient (Wildman–Crippen LogP) is 4.54. The Hall–Kier alpha value is -2.86. The summed E-state index contributed by atoms with van der Waals surface area (Å²) >= 11 is 0. The molecule has 5 nitrogen and oxygen atoms in total. The molecule has 0 aromatic heterocycles. The SMILES string of the molecule is Cc1ccc([C@H]2C[C@@H](O)C[C@@H](CO)O2)cc1Cc1ccc(OCC2Cc3ccccc3O2)cc1. The lowest BCUT2D eigenvalue weighted by molar-refractivity contribution is -0.113. The zero-order valence-electron chi connectivity index (χ0n) is 19.5. The van der Waals surface area contributed by atoms with Gasteiger partial charge in [0.1, 0.15) is 24.2 Å². The summed E-state index contributed by atoms with van der Waals surface area (Å²) in [7, 11) is 0. The molecule has 2 aliphatic heterocycles. The molecule has 1 unspecified atom stereocenters. The van der Waals surface area contributed by atoms with E-state index in [9.17, 15) is 10.2 Å². The van der Waals surface area contributed by atoms with Gasteiger partial charge < -0.3 is 24.4 Å². The summed E-state index contributed by atoms with van der Waals surface area (Å²) in [6, 6.07) is 22.7. The van der Waals surface area contributed by atoms with E-state index in [1.807, 2.05) is 30.3 Å². The third kappa shape index (κ3) is 5.27. The van der Waals surface area contributed by atoms with E-state index in [1.54, 1.807) is 0 Å². The maximum absolute atomic E-state index is 10.2. The summed E-state index contributed by atoms with van der Waals surface area (Å²) in [5.74, 6) is 1.80. The van der Waals surface area contributed by atoms with Crippen molar-refractivity contribution in [2.45, 2.75) is 57.0 Å². The lowest BCUT2D eigenvalue weighted by atomic mass is 9.92. The molecule has 0 aliphatic carbocycles. The van der Waals surface area contributed by atoms with E-state index < -0.39 is 6.10 Å². The minimum absolute atomic E-state index is 0.0495. The quantitative estimate of drug-likeness (QED) is 0.542. The Morgan fingerprint density at radius 3 is 2.59 bits per heavy atom. The maximum atomic E-state index is 10.2. The third-order valence-electron chi connectivity index (χ3n) is 6.79. The van der Waals surface area contributed by atoms with Gasteiger partial charge in [-0.1, -0.05) is 48.5 Å². The number of rotatable bonds is 7. The lowest BCUT2D eigenvalue weighted by Crippen LogP contribution is -2.33. The second kappa shape index (κ2) is 10.2. The van der Waals surface area contributed by atoms with Crippen LogP contribution < -0.4 is 9.47 Å². The first-order valence-electron chi connectivity index (χ1n) is 12.1. The summed E-state index contributed by atoms with van der Waals surface area (Å²) < 4.78 is 18.0. The first kappa shape index (κ1) is 22.9. The molecular formula is C29H32O5. The van der Waals surface area contributed by atoms with Gasteiger partial charge in [0.15, 0.2) is 0 Å². The van der Waals surface area contributed by atoms with Gasteiger partial charge in [-0.15, -0.1) is 0 Å². The highest BCUT2D eigenvalue weighted by atomic mass is 16.5. The molecule has 3 aromatic carbocycles. The van der Waals surface area contributed by atoms with Gasteiger partial charge in [-0.2, -0.15) is 0 Å². The molecule has 2 heterocycles. The van der Waals surface area contributed by atoms with Crippen molar-refractivity contribution in [3.05, 3.63) is 94.5 Å². The van der Waals surface area contributed by atoms with Gasteiger partial charge in [-0.25, -0.2) is 0 Å². The maximum Gasteiger partial charge on any atom is 0.137 e. The van der Waals surface area contributed by atoms with Crippen molar-refractivity contribution in [3.63, 3.8) is 0 Å². The Balaban J connectivity index is 1.20. The Labute approximate surface area is 200 Å². The average Bonchev–Trinajstić information content (AvgIpc) is 3.27. The normalized spacial score (nSPS) is 23.9. The number of aliphatic hydroxyl groups is 2.